The number of sulfone groups is 1. The van der Waals surface area contributed by atoms with Gasteiger partial charge >= 0.3 is 13.1 Å². The molecule has 0 radical (unpaired) electrons. The van der Waals surface area contributed by atoms with Crippen LogP contribution in [0.15, 0.2) is 24.3 Å². The zero-order valence-corrected chi connectivity index (χ0v) is 18.6. The first-order chi connectivity index (χ1) is 12.6. The maximum absolute atomic E-state index is 12.1. The summed E-state index contributed by atoms with van der Waals surface area (Å²) in [6.45, 7) is 11.2. The molecule has 0 amide bonds. The van der Waals surface area contributed by atoms with Crippen LogP contribution >= 0.6 is 0 Å². The maximum Gasteiger partial charge on any atom is 0.494 e. The largest absolute Gasteiger partial charge is 0.494 e. The van der Waals surface area contributed by atoms with Crippen molar-refractivity contribution in [3.05, 3.63) is 29.8 Å². The van der Waals surface area contributed by atoms with E-state index in [0.29, 0.717) is 6.42 Å². The van der Waals surface area contributed by atoms with Crippen molar-refractivity contribution < 1.29 is 27.6 Å². The lowest BCUT2D eigenvalue weighted by atomic mass is 9.77. The molecule has 0 saturated carbocycles. The second-order valence-electron chi connectivity index (χ2n) is 8.87. The molecule has 0 bridgehead atoms. The van der Waals surface area contributed by atoms with Crippen molar-refractivity contribution in [1.82, 2.24) is 0 Å². The lowest BCUT2D eigenvalue weighted by molar-refractivity contribution is -0.139. The summed E-state index contributed by atoms with van der Waals surface area (Å²) in [5, 5.41) is 9.53. The fourth-order valence-corrected chi connectivity index (χ4v) is 4.09. The van der Waals surface area contributed by atoms with Gasteiger partial charge in [-0.2, -0.15) is 0 Å². The van der Waals surface area contributed by atoms with Crippen LogP contribution in [-0.2, 0) is 23.9 Å². The molecular formula is C20H31BO6S. The number of rotatable bonds is 7. The Morgan fingerprint density at radius 3 is 1.96 bits per heavy atom. The highest BCUT2D eigenvalue weighted by Crippen LogP contribution is 2.37. The Labute approximate surface area is 168 Å². The van der Waals surface area contributed by atoms with Crippen LogP contribution in [0.2, 0.25) is 0 Å². The Bertz CT molecular complexity index is 815. The Balaban J connectivity index is 2.25. The van der Waals surface area contributed by atoms with Gasteiger partial charge in [0.1, 0.15) is 0 Å². The lowest BCUT2D eigenvalue weighted by Gasteiger charge is -2.32. The summed E-state index contributed by atoms with van der Waals surface area (Å²) in [6.07, 6.45) is 1.64. The molecule has 28 heavy (non-hydrogen) atoms. The predicted octanol–water partition coefficient (Wildman–Crippen LogP) is 2.76. The van der Waals surface area contributed by atoms with E-state index in [4.69, 9.17) is 9.31 Å². The van der Waals surface area contributed by atoms with Gasteiger partial charge in [0.05, 0.1) is 11.2 Å². The number of hydrogen-bond acceptors (Lipinski definition) is 5. The van der Waals surface area contributed by atoms with E-state index in [-0.39, 0.29) is 12.3 Å². The first kappa shape index (κ1) is 22.9. The average molecular weight is 410 g/mol. The van der Waals surface area contributed by atoms with Crippen LogP contribution in [0.3, 0.4) is 0 Å². The summed E-state index contributed by atoms with van der Waals surface area (Å²) in [5.74, 6) is -1.51. The van der Waals surface area contributed by atoms with Crippen molar-refractivity contribution in [2.45, 2.75) is 76.3 Å². The first-order valence-corrected chi connectivity index (χ1v) is 11.4. The molecule has 2 rings (SSSR count). The molecule has 1 aliphatic heterocycles. The monoisotopic (exact) mass is 410 g/mol. The van der Waals surface area contributed by atoms with Crippen LogP contribution in [0.1, 0.15) is 65.9 Å². The van der Waals surface area contributed by atoms with Crippen molar-refractivity contribution in [3.63, 3.8) is 0 Å². The third kappa shape index (κ3) is 4.14. The van der Waals surface area contributed by atoms with Gasteiger partial charge in [0, 0.05) is 6.26 Å². The van der Waals surface area contributed by atoms with Crippen molar-refractivity contribution in [2.75, 3.05) is 6.26 Å². The second-order valence-corrected chi connectivity index (χ2v) is 11.3. The molecule has 8 heteroatoms. The molecule has 1 aromatic rings. The van der Waals surface area contributed by atoms with E-state index in [9.17, 15) is 18.3 Å². The van der Waals surface area contributed by atoms with Crippen molar-refractivity contribution >= 4 is 28.4 Å². The number of hydrogen-bond donors (Lipinski definition) is 1. The Morgan fingerprint density at radius 1 is 1.14 bits per heavy atom. The summed E-state index contributed by atoms with van der Waals surface area (Å²) in [6, 6.07) is 7.61. The van der Waals surface area contributed by atoms with Gasteiger partial charge in [-0.05, 0) is 64.4 Å². The van der Waals surface area contributed by atoms with Gasteiger partial charge < -0.3 is 14.4 Å². The van der Waals surface area contributed by atoms with E-state index in [1.807, 2.05) is 58.9 Å². The highest BCUT2D eigenvalue weighted by atomic mass is 32.2. The molecule has 1 aromatic carbocycles. The van der Waals surface area contributed by atoms with Crippen LogP contribution in [0, 0.1) is 0 Å². The number of carboxylic acid groups (broad SMARTS) is 1. The Morgan fingerprint density at radius 2 is 1.61 bits per heavy atom. The van der Waals surface area contributed by atoms with Gasteiger partial charge in [0.2, 0.25) is 0 Å². The zero-order valence-electron chi connectivity index (χ0n) is 17.8. The van der Waals surface area contributed by atoms with Gasteiger partial charge in [-0.1, -0.05) is 31.2 Å². The van der Waals surface area contributed by atoms with Crippen LogP contribution in [0.4, 0.5) is 0 Å². The van der Waals surface area contributed by atoms with Gasteiger partial charge in [-0.25, -0.2) is 8.42 Å². The standard InChI is InChI=1S/C20H31BO6S/c1-8-14(13-20(6,17(22)23)28(7,24)25)15-9-11-16(12-10-15)21-26-18(2,3)19(4,5)27-21/h9-12,14H,8,13H2,1-7H3,(H,22,23)/t14?,20-/m1/s1. The van der Waals surface area contributed by atoms with Crippen LogP contribution in [0.5, 0.6) is 0 Å². The van der Waals surface area contributed by atoms with Crippen LogP contribution in [0.25, 0.3) is 0 Å². The minimum absolute atomic E-state index is 0.0213. The summed E-state index contributed by atoms with van der Waals surface area (Å²) in [7, 11) is -4.24. The first-order valence-electron chi connectivity index (χ1n) is 9.53. The van der Waals surface area contributed by atoms with E-state index >= 15 is 0 Å². The molecule has 0 aromatic heterocycles. The SMILES string of the molecule is CCC(C[C@](C)(C(=O)O)S(C)(=O)=O)c1ccc(B2OC(C)(C)C(C)(C)O2)cc1. The molecule has 1 heterocycles. The molecule has 156 valence electrons. The molecule has 1 fully saturated rings. The van der Waals surface area contributed by atoms with Crippen molar-refractivity contribution in [2.24, 2.45) is 0 Å². The third-order valence-electron chi connectivity index (χ3n) is 6.33. The van der Waals surface area contributed by atoms with E-state index in [2.05, 4.69) is 0 Å². The molecule has 1 aliphatic rings. The minimum Gasteiger partial charge on any atom is -0.480 e. The lowest BCUT2D eigenvalue weighted by Crippen LogP contribution is -2.44. The average Bonchev–Trinajstić information content (AvgIpc) is 2.79. The van der Waals surface area contributed by atoms with E-state index < -0.39 is 38.9 Å². The number of aliphatic carboxylic acids is 1. The summed E-state index contributed by atoms with van der Waals surface area (Å²) < 4.78 is 34.5. The summed E-state index contributed by atoms with van der Waals surface area (Å²) in [5.41, 5.74) is 0.919. The van der Waals surface area contributed by atoms with Crippen molar-refractivity contribution in [1.29, 1.82) is 0 Å². The molecule has 2 atom stereocenters. The van der Waals surface area contributed by atoms with E-state index in [1.54, 1.807) is 0 Å². The van der Waals surface area contributed by atoms with Gasteiger partial charge in [-0.3, -0.25) is 4.79 Å². The fourth-order valence-electron chi connectivity index (χ4n) is 3.27. The molecule has 1 unspecified atom stereocenters. The quantitative estimate of drug-likeness (QED) is 0.696. The van der Waals surface area contributed by atoms with E-state index in [1.165, 1.54) is 6.92 Å². The molecule has 1 saturated heterocycles. The third-order valence-corrected chi connectivity index (χ3v) is 8.31. The highest BCUT2D eigenvalue weighted by Gasteiger charge is 2.51. The van der Waals surface area contributed by atoms with Crippen molar-refractivity contribution in [3.8, 4) is 0 Å². The molecule has 0 aliphatic carbocycles. The second kappa shape index (κ2) is 7.46. The minimum atomic E-state index is -3.76. The molecule has 0 spiro atoms. The maximum atomic E-state index is 12.1. The number of benzene rings is 1. The number of carboxylic acids is 1. The molecular weight excluding hydrogens is 379 g/mol. The summed E-state index contributed by atoms with van der Waals surface area (Å²) in [4.78, 5) is 11.7. The van der Waals surface area contributed by atoms with E-state index in [0.717, 1.165) is 17.3 Å². The highest BCUT2D eigenvalue weighted by molar-refractivity contribution is 7.92. The fraction of sp³-hybridized carbons (Fsp3) is 0.650. The molecule has 6 nitrogen and oxygen atoms in total. The molecule has 1 N–H and O–H groups in total. The van der Waals surface area contributed by atoms with Crippen LogP contribution < -0.4 is 5.46 Å². The topological polar surface area (TPSA) is 89.9 Å². The number of carbonyl (C=O) groups is 1. The smallest absolute Gasteiger partial charge is 0.480 e. The van der Waals surface area contributed by atoms with Crippen LogP contribution in [-0.4, -0.2) is 48.8 Å². The van der Waals surface area contributed by atoms with Gasteiger partial charge in [-0.15, -0.1) is 0 Å². The van der Waals surface area contributed by atoms with Gasteiger partial charge in [0.15, 0.2) is 14.6 Å². The zero-order chi connectivity index (χ0) is 21.5. The Hall–Kier alpha value is -1.38. The normalized spacial score (nSPS) is 21.9. The summed E-state index contributed by atoms with van der Waals surface area (Å²) >= 11 is 0. The van der Waals surface area contributed by atoms with Gasteiger partial charge in [0.25, 0.3) is 0 Å². The predicted molar refractivity (Wildman–Crippen MR) is 111 cm³/mol. The Kier molecular flexibility index (Phi) is 6.11.